The van der Waals surface area contributed by atoms with Crippen molar-refractivity contribution in [1.29, 1.82) is 0 Å². The molecule has 0 N–H and O–H groups in total. The van der Waals surface area contributed by atoms with Crippen LogP contribution in [0.25, 0.3) is 0 Å². The molecule has 2 unspecified atom stereocenters. The number of unbranched alkanes of at least 4 members (excludes halogenated alkanes) is 16. The predicted octanol–water partition coefficient (Wildman–Crippen LogP) is 12.2. The minimum Gasteiger partial charge on any atom is -0.353 e. The summed E-state index contributed by atoms with van der Waals surface area (Å²) in [5.74, 6) is 0. The third kappa shape index (κ3) is 34.1. The summed E-state index contributed by atoms with van der Waals surface area (Å²) in [7, 11) is 3.35. The Hall–Kier alpha value is -0.800. The van der Waals surface area contributed by atoms with Crippen LogP contribution < -0.4 is 0 Å². The van der Waals surface area contributed by atoms with Crippen molar-refractivity contribution in [3.8, 4) is 0 Å². The van der Waals surface area contributed by atoms with Gasteiger partial charge in [0, 0.05) is 40.6 Å². The average molecular weight is 699 g/mol. The maximum absolute atomic E-state index is 6.05. The van der Waals surface area contributed by atoms with Crippen molar-refractivity contribution in [2.45, 2.75) is 207 Å². The Balaban J connectivity index is 4.19. The maximum Gasteiger partial charge on any atom is 0.179 e. The molecule has 7 heteroatoms. The summed E-state index contributed by atoms with van der Waals surface area (Å²) in [6, 6.07) is 0. The molecule has 0 bridgehead atoms. The minimum atomic E-state index is -0.425. The second kappa shape index (κ2) is 40.0. The van der Waals surface area contributed by atoms with E-state index in [2.05, 4.69) is 39.8 Å². The summed E-state index contributed by atoms with van der Waals surface area (Å²) in [6.07, 6.45) is 35.0. The van der Waals surface area contributed by atoms with Gasteiger partial charge in [-0.2, -0.15) is 0 Å². The van der Waals surface area contributed by atoms with Crippen LogP contribution in [0.5, 0.6) is 0 Å². The highest BCUT2D eigenvalue weighted by Gasteiger charge is 2.12. The van der Waals surface area contributed by atoms with Crippen molar-refractivity contribution >= 4 is 0 Å². The van der Waals surface area contributed by atoms with Crippen molar-refractivity contribution < 1.29 is 33.2 Å². The molecule has 7 nitrogen and oxygen atoms in total. The molecule has 0 saturated heterocycles. The van der Waals surface area contributed by atoms with Crippen LogP contribution in [0.1, 0.15) is 182 Å². The van der Waals surface area contributed by atoms with Crippen LogP contribution in [-0.2, 0) is 33.2 Å². The highest BCUT2D eigenvalue weighted by Crippen LogP contribution is 2.15. The van der Waals surface area contributed by atoms with E-state index < -0.39 is 12.6 Å². The zero-order chi connectivity index (χ0) is 35.9. The quantitative estimate of drug-likeness (QED) is 0.0358. The molecule has 0 aliphatic heterocycles. The lowest BCUT2D eigenvalue weighted by Crippen LogP contribution is -2.22. The van der Waals surface area contributed by atoms with Gasteiger partial charge in [0.15, 0.2) is 25.2 Å². The van der Waals surface area contributed by atoms with E-state index in [1.54, 1.807) is 14.2 Å². The van der Waals surface area contributed by atoms with E-state index in [0.717, 1.165) is 103 Å². The van der Waals surface area contributed by atoms with E-state index in [9.17, 15) is 0 Å². The van der Waals surface area contributed by atoms with Gasteiger partial charge in [-0.15, -0.1) is 0 Å². The largest absolute Gasteiger partial charge is 0.353 e. The molecule has 2 atom stereocenters. The van der Waals surface area contributed by atoms with Gasteiger partial charge < -0.3 is 33.2 Å². The van der Waals surface area contributed by atoms with E-state index >= 15 is 0 Å². The fourth-order valence-corrected chi connectivity index (χ4v) is 5.46. The van der Waals surface area contributed by atoms with E-state index in [0.29, 0.717) is 0 Å². The van der Waals surface area contributed by atoms with Gasteiger partial charge in [0.1, 0.15) is 0 Å². The third-order valence-corrected chi connectivity index (χ3v) is 8.65. The van der Waals surface area contributed by atoms with Crippen LogP contribution in [0.4, 0.5) is 0 Å². The van der Waals surface area contributed by atoms with Crippen LogP contribution in [-0.4, -0.2) is 65.8 Å². The second-order valence-electron chi connectivity index (χ2n) is 13.4. The summed E-state index contributed by atoms with van der Waals surface area (Å²) in [5.41, 5.74) is 0. The molecular formula is C42H82O7. The molecule has 0 aliphatic rings. The molecule has 0 aliphatic carbocycles. The van der Waals surface area contributed by atoms with Crippen LogP contribution >= 0.6 is 0 Å². The van der Waals surface area contributed by atoms with Crippen LogP contribution in [0, 0.1) is 0 Å². The van der Waals surface area contributed by atoms with Gasteiger partial charge in [0.2, 0.25) is 0 Å². The van der Waals surface area contributed by atoms with E-state index in [1.807, 2.05) is 12.2 Å². The van der Waals surface area contributed by atoms with Gasteiger partial charge in [-0.25, -0.2) is 0 Å². The molecule has 0 saturated carbocycles. The third-order valence-electron chi connectivity index (χ3n) is 8.65. The smallest absolute Gasteiger partial charge is 0.179 e. The number of rotatable bonds is 40. The lowest BCUT2D eigenvalue weighted by Gasteiger charge is -2.19. The first-order chi connectivity index (χ1) is 24.1. The molecule has 0 radical (unpaired) electrons. The second-order valence-corrected chi connectivity index (χ2v) is 13.4. The Kier molecular flexibility index (Phi) is 39.3. The van der Waals surface area contributed by atoms with Crippen LogP contribution in [0.2, 0.25) is 0 Å². The predicted molar refractivity (Wildman–Crippen MR) is 206 cm³/mol. The maximum atomic E-state index is 6.05. The first kappa shape index (κ1) is 48.2. The monoisotopic (exact) mass is 699 g/mol. The Morgan fingerprint density at radius 3 is 1.02 bits per heavy atom. The summed E-state index contributed by atoms with van der Waals surface area (Å²) in [4.78, 5) is 0. The van der Waals surface area contributed by atoms with Gasteiger partial charge in [-0.3, -0.25) is 0 Å². The molecular weight excluding hydrogens is 616 g/mol. The first-order valence-electron chi connectivity index (χ1n) is 20.7. The van der Waals surface area contributed by atoms with Gasteiger partial charge in [0.25, 0.3) is 0 Å². The summed E-state index contributed by atoms with van der Waals surface area (Å²) in [5, 5.41) is 0. The lowest BCUT2D eigenvalue weighted by molar-refractivity contribution is -0.188. The Labute approximate surface area is 304 Å². The van der Waals surface area contributed by atoms with Crippen LogP contribution in [0.15, 0.2) is 24.3 Å². The molecule has 0 fully saturated rings. The van der Waals surface area contributed by atoms with Gasteiger partial charge in [-0.1, -0.05) is 117 Å². The summed E-state index contributed by atoms with van der Waals surface area (Å²) >= 11 is 0. The van der Waals surface area contributed by atoms with E-state index in [1.165, 1.54) is 77.0 Å². The standard InChI is InChI=1S/C42H82O7/c1-7-11-27-35-45-41(46-36-28-12-8-2)33-25-21-17-15-19-23-31-39(43-5)49-40(44-6)32-24-20-16-18-22-26-34-42(47-37-29-13-9-3)48-38-30-14-10-4/h23-24,31-32,39-42H,7-22,25-30,33-38H2,1-6H3. The number of methoxy groups -OCH3 is 2. The van der Waals surface area contributed by atoms with E-state index in [4.69, 9.17) is 33.2 Å². The fourth-order valence-electron chi connectivity index (χ4n) is 5.46. The van der Waals surface area contributed by atoms with Crippen molar-refractivity contribution in [2.75, 3.05) is 40.6 Å². The minimum absolute atomic E-state index is 0.0420. The number of allylic oxidation sites excluding steroid dienone is 2. The normalized spacial score (nSPS) is 13.6. The van der Waals surface area contributed by atoms with Crippen molar-refractivity contribution in [3.63, 3.8) is 0 Å². The summed E-state index contributed by atoms with van der Waals surface area (Å²) in [6.45, 7) is 12.1. The zero-order valence-corrected chi connectivity index (χ0v) is 33.3. The molecule has 0 rings (SSSR count). The van der Waals surface area contributed by atoms with Crippen molar-refractivity contribution in [1.82, 2.24) is 0 Å². The van der Waals surface area contributed by atoms with Gasteiger partial charge >= 0.3 is 0 Å². The molecule has 0 aromatic carbocycles. The SMILES string of the molecule is CCCCCOC(CCCCCCC=CC(OC)OC(C=CCCCCCCC(OCCCCC)OCCCCC)OC)OCCCCC. The van der Waals surface area contributed by atoms with Crippen molar-refractivity contribution in [3.05, 3.63) is 24.3 Å². The molecule has 0 aromatic rings. The highest BCUT2D eigenvalue weighted by molar-refractivity contribution is 4.89. The number of hydrogen-bond donors (Lipinski definition) is 0. The summed E-state index contributed by atoms with van der Waals surface area (Å²) < 4.78 is 41.3. The average Bonchev–Trinajstić information content (AvgIpc) is 3.12. The molecule has 0 heterocycles. The Bertz CT molecular complexity index is 606. The fraction of sp³-hybridized carbons (Fsp3) is 0.905. The van der Waals surface area contributed by atoms with Crippen molar-refractivity contribution in [2.24, 2.45) is 0 Å². The Morgan fingerprint density at radius 1 is 0.388 bits per heavy atom. The lowest BCUT2D eigenvalue weighted by atomic mass is 10.1. The molecule has 0 spiro atoms. The molecule has 49 heavy (non-hydrogen) atoms. The molecule has 0 amide bonds. The molecule has 292 valence electrons. The van der Waals surface area contributed by atoms with E-state index in [-0.39, 0.29) is 12.6 Å². The first-order valence-corrected chi connectivity index (χ1v) is 20.7. The van der Waals surface area contributed by atoms with Gasteiger partial charge in [-0.05, 0) is 89.2 Å². The number of ether oxygens (including phenoxy) is 7. The Morgan fingerprint density at radius 2 is 0.714 bits per heavy atom. The zero-order valence-electron chi connectivity index (χ0n) is 33.3. The number of hydrogen-bond acceptors (Lipinski definition) is 7. The molecule has 0 aromatic heterocycles. The van der Waals surface area contributed by atoms with Gasteiger partial charge in [0.05, 0.1) is 0 Å². The van der Waals surface area contributed by atoms with Crippen LogP contribution in [0.3, 0.4) is 0 Å². The topological polar surface area (TPSA) is 64.6 Å². The highest BCUT2D eigenvalue weighted by atomic mass is 16.8.